The molecule has 40 heavy (non-hydrogen) atoms. The highest BCUT2D eigenvalue weighted by molar-refractivity contribution is 6.17. The third-order valence-corrected chi connectivity index (χ3v) is 7.89. The lowest BCUT2D eigenvalue weighted by Crippen LogP contribution is -2.38. The fourth-order valence-electron chi connectivity index (χ4n) is 5.61. The van der Waals surface area contributed by atoms with Crippen LogP contribution in [0, 0.1) is 12.7 Å². The van der Waals surface area contributed by atoms with Crippen molar-refractivity contribution in [2.24, 2.45) is 9.98 Å². The summed E-state index contributed by atoms with van der Waals surface area (Å²) in [4.78, 5) is 26.6. The molecule has 0 aliphatic carbocycles. The number of nitrogens with one attached hydrogen (secondary N) is 2. The van der Waals surface area contributed by atoms with E-state index in [-0.39, 0.29) is 17.8 Å². The quantitative estimate of drug-likeness (QED) is 0.502. The smallest absolute Gasteiger partial charge is 0.253 e. The lowest BCUT2D eigenvalue weighted by atomic mass is 9.93. The third-order valence-electron chi connectivity index (χ3n) is 7.89. The van der Waals surface area contributed by atoms with Crippen molar-refractivity contribution in [1.82, 2.24) is 15.1 Å². The number of carbonyl (C=O) groups excluding carboxylic acids is 1. The van der Waals surface area contributed by atoms with Crippen LogP contribution in [0.4, 0.5) is 10.1 Å². The predicted octanol–water partition coefficient (Wildman–Crippen LogP) is 4.54. The Kier molecular flexibility index (Phi) is 6.94. The molecule has 3 aliphatic rings. The van der Waals surface area contributed by atoms with Crippen LogP contribution in [0.25, 0.3) is 5.70 Å². The molecule has 1 saturated heterocycles. The Morgan fingerprint density at radius 2 is 1.88 bits per heavy atom. The third kappa shape index (κ3) is 5.02. The van der Waals surface area contributed by atoms with E-state index in [1.165, 1.54) is 6.07 Å². The van der Waals surface area contributed by atoms with Gasteiger partial charge < -0.3 is 20.4 Å². The van der Waals surface area contributed by atoms with Crippen LogP contribution in [0.5, 0.6) is 0 Å². The molecular formula is C32H33FN6O. The number of rotatable bonds is 5. The average molecular weight is 537 g/mol. The van der Waals surface area contributed by atoms with Gasteiger partial charge in [0.15, 0.2) is 6.29 Å². The highest BCUT2D eigenvalue weighted by Gasteiger charge is 2.28. The molecule has 3 heterocycles. The van der Waals surface area contributed by atoms with Crippen molar-refractivity contribution in [3.8, 4) is 0 Å². The van der Waals surface area contributed by atoms with E-state index in [9.17, 15) is 9.18 Å². The predicted molar refractivity (Wildman–Crippen MR) is 158 cm³/mol. The van der Waals surface area contributed by atoms with E-state index in [0.717, 1.165) is 53.2 Å². The van der Waals surface area contributed by atoms with Crippen LogP contribution in [-0.2, 0) is 0 Å². The van der Waals surface area contributed by atoms with Crippen molar-refractivity contribution in [3.63, 3.8) is 0 Å². The molecule has 0 aromatic heterocycles. The zero-order chi connectivity index (χ0) is 27.8. The minimum Gasteiger partial charge on any atom is -0.347 e. The summed E-state index contributed by atoms with van der Waals surface area (Å²) in [5.41, 5.74) is 7.42. The van der Waals surface area contributed by atoms with Gasteiger partial charge in [0.05, 0.1) is 18.0 Å². The molecule has 1 amide bonds. The Hall–Kier alpha value is -4.30. The SMILES string of the molecule is Cc1ccc2c(c1)C(c1ccccc1F)=NCC1=C2NC(Nc2ccc(C(=O)N(C)C3CCN(C)C3)cc2)N=C1. The molecule has 3 aromatic rings. The fourth-order valence-corrected chi connectivity index (χ4v) is 5.61. The summed E-state index contributed by atoms with van der Waals surface area (Å²) in [7, 11) is 3.97. The van der Waals surface area contributed by atoms with Gasteiger partial charge in [0, 0.05) is 59.4 Å². The molecule has 3 aliphatic heterocycles. The summed E-state index contributed by atoms with van der Waals surface area (Å²) < 4.78 is 14.8. The van der Waals surface area contributed by atoms with Crippen LogP contribution in [0.3, 0.4) is 0 Å². The Morgan fingerprint density at radius 3 is 2.62 bits per heavy atom. The van der Waals surface area contributed by atoms with Crippen LogP contribution in [0.2, 0.25) is 0 Å². The molecule has 0 radical (unpaired) electrons. The van der Waals surface area contributed by atoms with Gasteiger partial charge in [0.25, 0.3) is 5.91 Å². The van der Waals surface area contributed by atoms with Gasteiger partial charge in [0.2, 0.25) is 0 Å². The number of hydrogen-bond acceptors (Lipinski definition) is 6. The summed E-state index contributed by atoms with van der Waals surface area (Å²) >= 11 is 0. The van der Waals surface area contributed by atoms with Gasteiger partial charge in [-0.15, -0.1) is 0 Å². The van der Waals surface area contributed by atoms with E-state index in [1.807, 2.05) is 55.4 Å². The van der Waals surface area contributed by atoms with Gasteiger partial charge in [-0.05, 0) is 69.4 Å². The Morgan fingerprint density at radius 1 is 1.07 bits per heavy atom. The zero-order valence-electron chi connectivity index (χ0n) is 23.0. The molecule has 2 unspecified atom stereocenters. The molecule has 1 fully saturated rings. The van der Waals surface area contributed by atoms with Crippen molar-refractivity contribution in [1.29, 1.82) is 0 Å². The molecule has 204 valence electrons. The van der Waals surface area contributed by atoms with E-state index < -0.39 is 6.29 Å². The van der Waals surface area contributed by atoms with E-state index in [1.54, 1.807) is 12.1 Å². The number of nitrogens with zero attached hydrogens (tertiary/aromatic N) is 4. The van der Waals surface area contributed by atoms with Gasteiger partial charge in [-0.3, -0.25) is 9.79 Å². The number of carbonyl (C=O) groups is 1. The van der Waals surface area contributed by atoms with Crippen LogP contribution in [0.1, 0.15) is 39.0 Å². The first-order valence-corrected chi connectivity index (χ1v) is 13.6. The first kappa shape index (κ1) is 26.0. The van der Waals surface area contributed by atoms with Crippen LogP contribution < -0.4 is 10.6 Å². The largest absolute Gasteiger partial charge is 0.347 e. The van der Waals surface area contributed by atoms with Crippen LogP contribution in [0.15, 0.2) is 82.3 Å². The van der Waals surface area contributed by atoms with E-state index in [0.29, 0.717) is 23.4 Å². The number of amides is 1. The van der Waals surface area contributed by atoms with Crippen molar-refractivity contribution in [3.05, 3.63) is 106 Å². The summed E-state index contributed by atoms with van der Waals surface area (Å²) in [6, 6.07) is 20.7. The van der Waals surface area contributed by atoms with Crippen molar-refractivity contribution >= 4 is 29.2 Å². The normalized spacial score (nSPS) is 20.2. The standard InChI is InChI=1S/C32H33FN6O/c1-20-8-13-25-27(16-20)30(26-6-4-5-7-28(26)33)34-17-22-18-35-32(37-29(22)25)36-23-11-9-21(10-12-23)31(40)39(3)24-14-15-38(2)19-24/h4-13,16,18,24,32,36-37H,14-15,17,19H2,1-3H3. The maximum absolute atomic E-state index is 14.8. The highest BCUT2D eigenvalue weighted by Crippen LogP contribution is 2.30. The number of aryl methyl sites for hydroxylation is 1. The maximum atomic E-state index is 14.8. The van der Waals surface area contributed by atoms with Crippen LogP contribution >= 0.6 is 0 Å². The Bertz CT molecular complexity index is 1540. The summed E-state index contributed by atoms with van der Waals surface area (Å²) in [6.07, 6.45) is 2.42. The number of benzene rings is 3. The minimum atomic E-state index is -0.416. The molecule has 0 bridgehead atoms. The molecular weight excluding hydrogens is 503 g/mol. The van der Waals surface area contributed by atoms with E-state index in [2.05, 4.69) is 45.8 Å². The zero-order valence-corrected chi connectivity index (χ0v) is 23.0. The number of fused-ring (bicyclic) bond motifs is 2. The van der Waals surface area contributed by atoms with Crippen molar-refractivity contribution < 1.29 is 9.18 Å². The van der Waals surface area contributed by atoms with E-state index >= 15 is 0 Å². The lowest BCUT2D eigenvalue weighted by Gasteiger charge is -2.26. The summed E-state index contributed by atoms with van der Waals surface area (Å²) in [5, 5.41) is 6.94. The van der Waals surface area contributed by atoms with Gasteiger partial charge in [-0.1, -0.05) is 29.8 Å². The number of likely N-dealkylation sites (tertiary alicyclic amines) is 1. The molecule has 0 saturated carbocycles. The first-order chi connectivity index (χ1) is 19.4. The monoisotopic (exact) mass is 536 g/mol. The molecule has 3 aromatic carbocycles. The second kappa shape index (κ2) is 10.7. The molecule has 7 nitrogen and oxygen atoms in total. The fraction of sp³-hybridized carbons (Fsp3) is 0.281. The number of aliphatic imine (C=N–C) groups is 2. The molecule has 0 spiro atoms. The first-order valence-electron chi connectivity index (χ1n) is 13.6. The molecule has 2 N–H and O–H groups in total. The second-order valence-corrected chi connectivity index (χ2v) is 10.8. The minimum absolute atomic E-state index is 0.0338. The van der Waals surface area contributed by atoms with E-state index in [4.69, 9.17) is 4.99 Å². The average Bonchev–Trinajstić information content (AvgIpc) is 3.34. The summed E-state index contributed by atoms with van der Waals surface area (Å²) in [5.74, 6) is -0.259. The van der Waals surface area contributed by atoms with Crippen molar-refractivity contribution in [2.45, 2.75) is 25.7 Å². The van der Waals surface area contributed by atoms with Gasteiger partial charge in [-0.25, -0.2) is 9.38 Å². The maximum Gasteiger partial charge on any atom is 0.253 e. The van der Waals surface area contributed by atoms with Gasteiger partial charge in [-0.2, -0.15) is 0 Å². The lowest BCUT2D eigenvalue weighted by molar-refractivity contribution is 0.0737. The second-order valence-electron chi connectivity index (χ2n) is 10.8. The summed E-state index contributed by atoms with van der Waals surface area (Å²) in [6.45, 7) is 4.33. The number of anilines is 1. The number of halogens is 1. The van der Waals surface area contributed by atoms with Gasteiger partial charge in [0.1, 0.15) is 5.82 Å². The van der Waals surface area contributed by atoms with Gasteiger partial charge >= 0.3 is 0 Å². The topological polar surface area (TPSA) is 72.3 Å². The highest BCUT2D eigenvalue weighted by atomic mass is 19.1. The Balaban J connectivity index is 1.20. The Labute approximate surface area is 234 Å². The number of hydrogen-bond donors (Lipinski definition) is 2. The molecule has 2 atom stereocenters. The molecule has 6 rings (SSSR count). The van der Waals surface area contributed by atoms with Crippen molar-refractivity contribution in [2.75, 3.05) is 39.0 Å². The molecule has 8 heteroatoms. The number of likely N-dealkylation sites (N-methyl/N-ethyl adjacent to an activating group) is 2. The van der Waals surface area contributed by atoms with Crippen LogP contribution in [-0.4, -0.2) is 73.7 Å².